The number of hydrogen-bond acceptors (Lipinski definition) is 2. The van der Waals surface area contributed by atoms with Gasteiger partial charge in [0.25, 0.3) is 0 Å². The maximum atomic E-state index is 5.74. The van der Waals surface area contributed by atoms with Crippen molar-refractivity contribution in [1.29, 1.82) is 0 Å². The molecule has 1 aliphatic heterocycles. The van der Waals surface area contributed by atoms with Gasteiger partial charge in [-0.3, -0.25) is 0 Å². The summed E-state index contributed by atoms with van der Waals surface area (Å²) in [4.78, 5) is 2.68. The average Bonchev–Trinajstić information content (AvgIpc) is 2.92. The number of halogens is 1. The summed E-state index contributed by atoms with van der Waals surface area (Å²) in [6, 6.07) is 0. The second kappa shape index (κ2) is 5.24. The summed E-state index contributed by atoms with van der Waals surface area (Å²) in [6.45, 7) is 4.88. The van der Waals surface area contributed by atoms with Gasteiger partial charge in [-0.25, -0.2) is 0 Å². The molecule has 3 heteroatoms. The van der Waals surface area contributed by atoms with Gasteiger partial charge in [-0.1, -0.05) is 6.42 Å². The topological polar surface area (TPSA) is 29.3 Å². The van der Waals surface area contributed by atoms with Crippen molar-refractivity contribution in [2.45, 2.75) is 32.1 Å². The largest absolute Gasteiger partial charge is 0.330 e. The number of fused-ring (bicyclic) bond motifs is 2. The fourth-order valence-corrected chi connectivity index (χ4v) is 4.20. The van der Waals surface area contributed by atoms with Crippen LogP contribution in [0.15, 0.2) is 0 Å². The van der Waals surface area contributed by atoms with Crippen LogP contribution in [0.2, 0.25) is 0 Å². The standard InChI is InChI=1S/C13H24N2.ClH/c14-7-11-3-4-15(8-11)9-13-6-10-1-2-12(13)5-10;/h10-13H,1-9,14H2;1H. The third kappa shape index (κ3) is 2.39. The van der Waals surface area contributed by atoms with Crippen molar-refractivity contribution in [1.82, 2.24) is 4.90 Å². The number of rotatable bonds is 3. The molecule has 2 N–H and O–H groups in total. The zero-order valence-corrected chi connectivity index (χ0v) is 10.9. The van der Waals surface area contributed by atoms with E-state index < -0.39 is 0 Å². The summed E-state index contributed by atoms with van der Waals surface area (Å²) in [5.41, 5.74) is 5.74. The van der Waals surface area contributed by atoms with Gasteiger partial charge in [-0.15, -0.1) is 12.4 Å². The van der Waals surface area contributed by atoms with Gasteiger partial charge in [0.15, 0.2) is 0 Å². The van der Waals surface area contributed by atoms with Crippen molar-refractivity contribution in [3.05, 3.63) is 0 Å². The molecule has 0 spiro atoms. The molecule has 3 aliphatic rings. The third-order valence-corrected chi connectivity index (χ3v) is 5.08. The van der Waals surface area contributed by atoms with E-state index in [2.05, 4.69) is 4.90 Å². The normalized spacial score (nSPS) is 42.6. The summed E-state index contributed by atoms with van der Waals surface area (Å²) in [5, 5.41) is 0. The fourth-order valence-electron chi connectivity index (χ4n) is 4.20. The highest BCUT2D eigenvalue weighted by atomic mass is 35.5. The van der Waals surface area contributed by atoms with E-state index in [1.807, 2.05) is 0 Å². The Kier molecular flexibility index (Phi) is 4.15. The Morgan fingerprint density at radius 3 is 2.56 bits per heavy atom. The van der Waals surface area contributed by atoms with E-state index in [1.165, 1.54) is 45.3 Å². The van der Waals surface area contributed by atoms with E-state index in [0.717, 1.165) is 30.2 Å². The lowest BCUT2D eigenvalue weighted by atomic mass is 9.88. The van der Waals surface area contributed by atoms with Crippen molar-refractivity contribution in [2.24, 2.45) is 29.4 Å². The molecule has 0 aromatic rings. The van der Waals surface area contributed by atoms with Crippen molar-refractivity contribution in [2.75, 3.05) is 26.2 Å². The zero-order chi connectivity index (χ0) is 10.3. The van der Waals surface area contributed by atoms with E-state index in [9.17, 15) is 0 Å². The molecule has 2 nitrogen and oxygen atoms in total. The molecular formula is C13H25ClN2. The molecule has 1 heterocycles. The van der Waals surface area contributed by atoms with Gasteiger partial charge in [-0.2, -0.15) is 0 Å². The molecule has 2 bridgehead atoms. The van der Waals surface area contributed by atoms with Crippen molar-refractivity contribution < 1.29 is 0 Å². The van der Waals surface area contributed by atoms with Gasteiger partial charge in [0, 0.05) is 13.1 Å². The molecule has 0 radical (unpaired) electrons. The van der Waals surface area contributed by atoms with Crippen LogP contribution in [0.1, 0.15) is 32.1 Å². The van der Waals surface area contributed by atoms with Gasteiger partial charge < -0.3 is 10.6 Å². The molecule has 0 aromatic carbocycles. The van der Waals surface area contributed by atoms with E-state index in [1.54, 1.807) is 6.42 Å². The highest BCUT2D eigenvalue weighted by Crippen LogP contribution is 2.48. The van der Waals surface area contributed by atoms with E-state index >= 15 is 0 Å². The molecule has 0 aromatic heterocycles. The van der Waals surface area contributed by atoms with Crippen LogP contribution >= 0.6 is 12.4 Å². The first kappa shape index (κ1) is 12.7. The molecule has 94 valence electrons. The zero-order valence-electron chi connectivity index (χ0n) is 10.1. The van der Waals surface area contributed by atoms with Crippen LogP contribution < -0.4 is 5.73 Å². The van der Waals surface area contributed by atoms with Crippen LogP contribution in [0.3, 0.4) is 0 Å². The number of nitrogens with two attached hydrogens (primary N) is 1. The van der Waals surface area contributed by atoms with Gasteiger partial charge >= 0.3 is 0 Å². The van der Waals surface area contributed by atoms with Crippen LogP contribution in [-0.4, -0.2) is 31.1 Å². The first-order valence-corrected chi connectivity index (χ1v) is 6.77. The lowest BCUT2D eigenvalue weighted by molar-refractivity contribution is 0.215. The Balaban J connectivity index is 0.000000963. The van der Waals surface area contributed by atoms with E-state index in [4.69, 9.17) is 5.73 Å². The van der Waals surface area contributed by atoms with Gasteiger partial charge in [0.2, 0.25) is 0 Å². The minimum Gasteiger partial charge on any atom is -0.330 e. The van der Waals surface area contributed by atoms with Crippen molar-refractivity contribution in [3.63, 3.8) is 0 Å². The minimum absolute atomic E-state index is 0. The van der Waals surface area contributed by atoms with Crippen molar-refractivity contribution >= 4 is 12.4 Å². The average molecular weight is 245 g/mol. The fraction of sp³-hybridized carbons (Fsp3) is 1.00. The predicted octanol–water partition coefficient (Wildman–Crippen LogP) is 2.12. The monoisotopic (exact) mass is 244 g/mol. The molecule has 16 heavy (non-hydrogen) atoms. The Hall–Kier alpha value is 0.210. The van der Waals surface area contributed by atoms with Gasteiger partial charge in [0.05, 0.1) is 0 Å². The van der Waals surface area contributed by atoms with Gasteiger partial charge in [-0.05, 0) is 62.4 Å². The van der Waals surface area contributed by atoms with Crippen LogP contribution in [-0.2, 0) is 0 Å². The summed E-state index contributed by atoms with van der Waals surface area (Å²) < 4.78 is 0. The Morgan fingerprint density at radius 1 is 1.12 bits per heavy atom. The Bertz CT molecular complexity index is 234. The molecule has 2 saturated carbocycles. The van der Waals surface area contributed by atoms with Crippen LogP contribution in [0.5, 0.6) is 0 Å². The molecule has 0 amide bonds. The second-order valence-electron chi connectivity index (χ2n) is 6.08. The quantitative estimate of drug-likeness (QED) is 0.824. The number of hydrogen-bond donors (Lipinski definition) is 1. The summed E-state index contributed by atoms with van der Waals surface area (Å²) in [5.74, 6) is 4.03. The Morgan fingerprint density at radius 2 is 2.00 bits per heavy atom. The van der Waals surface area contributed by atoms with Crippen LogP contribution in [0.4, 0.5) is 0 Å². The SMILES string of the molecule is Cl.NCC1CCN(CC2CC3CCC2C3)C1. The number of nitrogens with zero attached hydrogens (tertiary/aromatic N) is 1. The highest BCUT2D eigenvalue weighted by Gasteiger charge is 2.40. The van der Waals surface area contributed by atoms with Crippen LogP contribution in [0.25, 0.3) is 0 Å². The molecule has 4 atom stereocenters. The van der Waals surface area contributed by atoms with Crippen LogP contribution in [0, 0.1) is 23.7 Å². The van der Waals surface area contributed by atoms with Crippen molar-refractivity contribution in [3.8, 4) is 0 Å². The molecule has 3 fully saturated rings. The molecule has 3 rings (SSSR count). The van der Waals surface area contributed by atoms with E-state index in [-0.39, 0.29) is 12.4 Å². The Labute approximate surface area is 105 Å². The lowest BCUT2D eigenvalue weighted by Gasteiger charge is -2.27. The predicted molar refractivity (Wildman–Crippen MR) is 69.8 cm³/mol. The first-order chi connectivity index (χ1) is 7.35. The maximum absolute atomic E-state index is 5.74. The summed E-state index contributed by atoms with van der Waals surface area (Å²) >= 11 is 0. The molecule has 2 aliphatic carbocycles. The third-order valence-electron chi connectivity index (χ3n) is 5.08. The molecule has 4 unspecified atom stereocenters. The minimum atomic E-state index is 0. The van der Waals surface area contributed by atoms with E-state index in [0.29, 0.717) is 0 Å². The maximum Gasteiger partial charge on any atom is 0.00223 e. The number of likely N-dealkylation sites (tertiary alicyclic amines) is 1. The van der Waals surface area contributed by atoms with Gasteiger partial charge in [0.1, 0.15) is 0 Å². The molecule has 1 saturated heterocycles. The highest BCUT2D eigenvalue weighted by molar-refractivity contribution is 5.85. The smallest absolute Gasteiger partial charge is 0.00223 e. The summed E-state index contributed by atoms with van der Waals surface area (Å²) in [6.07, 6.45) is 7.50. The summed E-state index contributed by atoms with van der Waals surface area (Å²) in [7, 11) is 0. The second-order valence-corrected chi connectivity index (χ2v) is 6.08. The first-order valence-electron chi connectivity index (χ1n) is 6.77. The molecular weight excluding hydrogens is 220 g/mol. The lowest BCUT2D eigenvalue weighted by Crippen LogP contribution is -2.31.